The van der Waals surface area contributed by atoms with Crippen molar-refractivity contribution in [2.45, 2.75) is 24.9 Å². The molecule has 0 radical (unpaired) electrons. The summed E-state index contributed by atoms with van der Waals surface area (Å²) in [6, 6.07) is 2.97. The minimum atomic E-state index is -0.945. The van der Waals surface area contributed by atoms with Gasteiger partial charge in [-0.05, 0) is 18.7 Å². The van der Waals surface area contributed by atoms with Crippen LogP contribution in [0.3, 0.4) is 0 Å². The molecule has 2 heterocycles. The van der Waals surface area contributed by atoms with Crippen LogP contribution in [0.1, 0.15) is 34.5 Å². The van der Waals surface area contributed by atoms with E-state index in [2.05, 4.69) is 10.3 Å². The largest absolute Gasteiger partial charge is 0.503 e. The van der Waals surface area contributed by atoms with Gasteiger partial charge in [-0.1, -0.05) is 17.8 Å². The maximum absolute atomic E-state index is 13.8. The predicted molar refractivity (Wildman–Crippen MR) is 125 cm³/mol. The fourth-order valence-corrected chi connectivity index (χ4v) is 4.46. The lowest BCUT2D eigenvalue weighted by atomic mass is 9.98. The van der Waals surface area contributed by atoms with Crippen molar-refractivity contribution < 1.29 is 23.4 Å². The maximum Gasteiger partial charge on any atom is 0.275 e. The number of aromatic amines is 1. The minimum Gasteiger partial charge on any atom is -0.503 e. The maximum atomic E-state index is 13.8. The fraction of sp³-hybridized carbons (Fsp3) is 0.364. The van der Waals surface area contributed by atoms with E-state index in [-0.39, 0.29) is 33.3 Å². The summed E-state index contributed by atoms with van der Waals surface area (Å²) in [5.74, 6) is -3.01. The highest BCUT2D eigenvalue weighted by molar-refractivity contribution is 8.26. The molecule has 1 saturated heterocycles. The monoisotopic (exact) mass is 493 g/mol. The van der Waals surface area contributed by atoms with Crippen LogP contribution in [0, 0.1) is 22.5 Å². The minimum absolute atomic E-state index is 0.0685. The van der Waals surface area contributed by atoms with Crippen molar-refractivity contribution >= 4 is 27.8 Å². The van der Waals surface area contributed by atoms with E-state index in [1.165, 1.54) is 11.0 Å². The Morgan fingerprint density at radius 2 is 2.00 bits per heavy atom. The molecule has 1 aliphatic rings. The second-order valence-corrected chi connectivity index (χ2v) is 8.89. The molecule has 12 heteroatoms. The Kier molecular flexibility index (Phi) is 7.85. The van der Waals surface area contributed by atoms with Gasteiger partial charge in [0, 0.05) is 38.6 Å². The van der Waals surface area contributed by atoms with Crippen LogP contribution in [-0.2, 0) is 11.2 Å². The zero-order valence-electron chi connectivity index (χ0n) is 18.6. The molecule has 5 N–H and O–H groups in total. The van der Waals surface area contributed by atoms with E-state index in [1.807, 2.05) is 0 Å². The highest BCUT2D eigenvalue weighted by atomic mass is 32.2. The Morgan fingerprint density at radius 1 is 1.32 bits per heavy atom. The van der Waals surface area contributed by atoms with Gasteiger partial charge in [0.1, 0.15) is 16.7 Å². The number of carbonyl (C=O) groups excluding carboxylic acids is 1. The van der Waals surface area contributed by atoms with Crippen molar-refractivity contribution in [2.75, 3.05) is 27.3 Å². The fourth-order valence-electron chi connectivity index (χ4n) is 3.73. The van der Waals surface area contributed by atoms with E-state index in [1.54, 1.807) is 14.1 Å². The Balaban J connectivity index is 1.76. The first-order valence-corrected chi connectivity index (χ1v) is 11.2. The first-order valence-electron chi connectivity index (χ1n) is 10.4. The number of aromatic nitrogens is 1. The van der Waals surface area contributed by atoms with Gasteiger partial charge in [0.15, 0.2) is 11.4 Å². The van der Waals surface area contributed by atoms with Gasteiger partial charge in [-0.25, -0.2) is 8.78 Å². The molecule has 0 atom stereocenters. The first kappa shape index (κ1) is 25.5. The normalized spacial score (nSPS) is 15.1. The van der Waals surface area contributed by atoms with Crippen LogP contribution in [0.25, 0.3) is 0 Å². The van der Waals surface area contributed by atoms with Crippen molar-refractivity contribution in [3.05, 3.63) is 63.1 Å². The molecule has 34 heavy (non-hydrogen) atoms. The van der Waals surface area contributed by atoms with Gasteiger partial charge in [0.25, 0.3) is 5.91 Å². The second kappa shape index (κ2) is 10.5. The number of halogens is 2. The van der Waals surface area contributed by atoms with E-state index in [4.69, 9.17) is 15.6 Å². The molecule has 0 bridgehead atoms. The van der Waals surface area contributed by atoms with E-state index >= 15 is 0 Å². The van der Waals surface area contributed by atoms with Crippen LogP contribution < -0.4 is 10.7 Å². The molecule has 0 unspecified atom stereocenters. The average Bonchev–Trinajstić information content (AvgIpc) is 2.82. The molecule has 3 rings (SSSR count). The molecule has 0 saturated carbocycles. The molecule has 1 aliphatic heterocycles. The number of amides is 1. The lowest BCUT2D eigenvalue weighted by Crippen LogP contribution is -2.60. The van der Waals surface area contributed by atoms with Crippen molar-refractivity contribution in [1.29, 1.82) is 10.8 Å². The number of benzene rings is 1. The van der Waals surface area contributed by atoms with E-state index < -0.39 is 34.4 Å². The SMILES string of the molecule is CNC1(N(C)C(=O)c2[nH]cc(C(=N)SC(=N)Cc3ccc(F)cc3F)c(=O)c2O)CCOCC1. The second-order valence-electron chi connectivity index (χ2n) is 7.78. The van der Waals surface area contributed by atoms with Gasteiger partial charge >= 0.3 is 0 Å². The topological polar surface area (TPSA) is 142 Å². The van der Waals surface area contributed by atoms with Crippen LogP contribution >= 0.6 is 11.8 Å². The van der Waals surface area contributed by atoms with Crippen molar-refractivity contribution in [2.24, 2.45) is 0 Å². The first-order chi connectivity index (χ1) is 16.1. The molecular weight excluding hydrogens is 468 g/mol. The summed E-state index contributed by atoms with van der Waals surface area (Å²) in [4.78, 5) is 29.8. The summed E-state index contributed by atoms with van der Waals surface area (Å²) >= 11 is 0.585. The zero-order chi connectivity index (χ0) is 25.0. The molecule has 0 spiro atoms. The smallest absolute Gasteiger partial charge is 0.275 e. The van der Waals surface area contributed by atoms with Gasteiger partial charge in [0.2, 0.25) is 5.43 Å². The number of carbonyl (C=O) groups is 1. The lowest BCUT2D eigenvalue weighted by molar-refractivity contribution is -0.0242. The molecule has 1 aromatic carbocycles. The molecule has 1 aromatic heterocycles. The predicted octanol–water partition coefficient (Wildman–Crippen LogP) is 2.44. The van der Waals surface area contributed by atoms with Crippen LogP contribution in [0.5, 0.6) is 5.75 Å². The van der Waals surface area contributed by atoms with Crippen LogP contribution in [0.2, 0.25) is 0 Å². The van der Waals surface area contributed by atoms with Crippen LogP contribution in [0.4, 0.5) is 8.78 Å². The highest BCUT2D eigenvalue weighted by Gasteiger charge is 2.39. The van der Waals surface area contributed by atoms with Gasteiger partial charge < -0.3 is 19.7 Å². The number of hydrogen-bond acceptors (Lipinski definition) is 8. The number of nitrogens with zero attached hydrogens (tertiary/aromatic N) is 1. The van der Waals surface area contributed by atoms with Crippen LogP contribution in [0.15, 0.2) is 29.2 Å². The van der Waals surface area contributed by atoms with Crippen LogP contribution in [-0.4, -0.2) is 64.0 Å². The molecule has 0 aliphatic carbocycles. The standard InChI is InChI=1S/C22H25F2N5O4S/c1-27-22(5-7-33-8-6-22)29(2)21(32)17-19(31)18(30)14(11-28-17)20(26)34-16(25)9-12-3-4-13(23)10-15(12)24/h3-4,10-11,25-27,31H,5-9H2,1-2H3,(H,28,30). The van der Waals surface area contributed by atoms with Crippen molar-refractivity contribution in [1.82, 2.24) is 15.2 Å². The Labute approximate surface area is 198 Å². The third-order valence-corrected chi connectivity index (χ3v) is 6.65. The molecule has 1 fully saturated rings. The summed E-state index contributed by atoms with van der Waals surface area (Å²) < 4.78 is 32.2. The van der Waals surface area contributed by atoms with Crippen molar-refractivity contribution in [3.8, 4) is 5.75 Å². The molecule has 2 aromatic rings. The van der Waals surface area contributed by atoms with E-state index in [0.29, 0.717) is 43.9 Å². The number of ether oxygens (including phenoxy) is 1. The third-order valence-electron chi connectivity index (χ3n) is 5.84. The summed E-state index contributed by atoms with van der Waals surface area (Å²) in [6.45, 7) is 0.893. The van der Waals surface area contributed by atoms with Gasteiger partial charge in [-0.2, -0.15) is 0 Å². The summed E-state index contributed by atoms with van der Waals surface area (Å²) in [5.41, 5.74) is -2.15. The molecule has 182 valence electrons. The third kappa shape index (κ3) is 5.18. The molecule has 1 amide bonds. The number of nitrogens with one attached hydrogen (secondary N) is 4. The van der Waals surface area contributed by atoms with Crippen molar-refractivity contribution in [3.63, 3.8) is 0 Å². The summed E-state index contributed by atoms with van der Waals surface area (Å²) in [7, 11) is 3.27. The number of aromatic hydroxyl groups is 1. The Hall–Kier alpha value is -3.09. The number of H-pyrrole nitrogens is 1. The Bertz CT molecular complexity index is 1180. The highest BCUT2D eigenvalue weighted by Crippen LogP contribution is 2.26. The zero-order valence-corrected chi connectivity index (χ0v) is 19.4. The average molecular weight is 494 g/mol. The van der Waals surface area contributed by atoms with E-state index in [9.17, 15) is 23.5 Å². The molecule has 9 nitrogen and oxygen atoms in total. The number of thioether (sulfide) groups is 1. The summed E-state index contributed by atoms with van der Waals surface area (Å²) in [6.07, 6.45) is 1.96. The molecular formula is C22H25F2N5O4S. The lowest BCUT2D eigenvalue weighted by Gasteiger charge is -2.44. The van der Waals surface area contributed by atoms with Gasteiger partial charge in [-0.3, -0.25) is 25.7 Å². The van der Waals surface area contributed by atoms with Gasteiger partial charge in [0.05, 0.1) is 29.5 Å². The number of rotatable bonds is 6. The Morgan fingerprint density at radius 3 is 2.62 bits per heavy atom. The number of hydrogen-bond donors (Lipinski definition) is 5. The number of pyridine rings is 1. The quantitative estimate of drug-likeness (QED) is 0.238. The van der Waals surface area contributed by atoms with Gasteiger partial charge in [-0.15, -0.1) is 0 Å². The van der Waals surface area contributed by atoms with E-state index in [0.717, 1.165) is 12.3 Å². The summed E-state index contributed by atoms with van der Waals surface area (Å²) in [5, 5.41) is 29.2.